The second kappa shape index (κ2) is 9.91. The Morgan fingerprint density at radius 3 is 2.37 bits per heavy atom. The molecule has 0 bridgehead atoms. The van der Waals surface area contributed by atoms with E-state index < -0.39 is 10.0 Å². The van der Waals surface area contributed by atoms with Crippen molar-refractivity contribution in [3.8, 4) is 11.4 Å². The smallest absolute Gasteiger partial charge is 0.255 e. The largest absolute Gasteiger partial charge is 0.322 e. The van der Waals surface area contributed by atoms with Crippen LogP contribution in [0, 0.1) is 6.92 Å². The molecule has 0 aliphatic carbocycles. The molecule has 5 rings (SSSR count). The number of aryl methyl sites for hydroxylation is 2. The van der Waals surface area contributed by atoms with Gasteiger partial charge >= 0.3 is 0 Å². The standard InChI is InChI=1S/C26H31N5O3S/c1-19-9-10-21(18-23(19)35(33,34)30-15-5-3-6-16-30)26(32)27-22-13-11-20(12-14-22)25-29-28-24-8-4-2-7-17-31(24)25/h9-14,18H,2-8,15-17H2,1H3,(H,27,32). The number of anilines is 1. The number of carbonyl (C=O) groups excluding carboxylic acids is 1. The highest BCUT2D eigenvalue weighted by Crippen LogP contribution is 2.26. The fraction of sp³-hybridized carbons (Fsp3) is 0.423. The van der Waals surface area contributed by atoms with Crippen LogP contribution in [0.2, 0.25) is 0 Å². The van der Waals surface area contributed by atoms with E-state index in [2.05, 4.69) is 20.1 Å². The van der Waals surface area contributed by atoms with Crippen molar-refractivity contribution < 1.29 is 13.2 Å². The van der Waals surface area contributed by atoms with Gasteiger partial charge in [0.2, 0.25) is 10.0 Å². The molecule has 0 radical (unpaired) electrons. The number of carbonyl (C=O) groups is 1. The molecule has 0 atom stereocenters. The van der Waals surface area contributed by atoms with Crippen LogP contribution in [-0.4, -0.2) is 46.5 Å². The minimum atomic E-state index is -3.62. The van der Waals surface area contributed by atoms with Gasteiger partial charge in [-0.2, -0.15) is 4.31 Å². The zero-order chi connectivity index (χ0) is 24.4. The van der Waals surface area contributed by atoms with Gasteiger partial charge in [0.25, 0.3) is 5.91 Å². The van der Waals surface area contributed by atoms with E-state index >= 15 is 0 Å². The van der Waals surface area contributed by atoms with Gasteiger partial charge in [-0.1, -0.05) is 18.9 Å². The lowest BCUT2D eigenvalue weighted by molar-refractivity contribution is 0.102. The number of nitrogens with zero attached hydrogens (tertiary/aromatic N) is 4. The van der Waals surface area contributed by atoms with Crippen molar-refractivity contribution in [2.45, 2.75) is 63.3 Å². The molecule has 1 N–H and O–H groups in total. The topological polar surface area (TPSA) is 97.2 Å². The Kier molecular flexibility index (Phi) is 6.71. The number of nitrogens with one attached hydrogen (secondary N) is 1. The number of piperidine rings is 1. The van der Waals surface area contributed by atoms with Crippen LogP contribution >= 0.6 is 0 Å². The molecule has 2 aromatic carbocycles. The van der Waals surface area contributed by atoms with Gasteiger partial charge in [-0.05, 0) is 74.6 Å². The highest BCUT2D eigenvalue weighted by Gasteiger charge is 2.28. The molecule has 1 fully saturated rings. The Balaban J connectivity index is 1.33. The molecular weight excluding hydrogens is 462 g/mol. The lowest BCUT2D eigenvalue weighted by Gasteiger charge is -2.26. The van der Waals surface area contributed by atoms with Gasteiger partial charge in [-0.3, -0.25) is 4.79 Å². The number of aromatic nitrogens is 3. The normalized spacial score (nSPS) is 16.9. The maximum Gasteiger partial charge on any atom is 0.255 e. The number of hydrogen-bond donors (Lipinski definition) is 1. The summed E-state index contributed by atoms with van der Waals surface area (Å²) in [5, 5.41) is 11.6. The number of sulfonamides is 1. The zero-order valence-corrected chi connectivity index (χ0v) is 20.9. The summed E-state index contributed by atoms with van der Waals surface area (Å²) in [4.78, 5) is 13.2. The van der Waals surface area contributed by atoms with Gasteiger partial charge < -0.3 is 9.88 Å². The van der Waals surface area contributed by atoms with Gasteiger partial charge in [0.1, 0.15) is 5.82 Å². The molecule has 9 heteroatoms. The first-order chi connectivity index (χ1) is 16.9. The van der Waals surface area contributed by atoms with E-state index in [1.807, 2.05) is 24.3 Å². The fourth-order valence-corrected chi connectivity index (χ4v) is 6.64. The molecule has 3 aromatic rings. The molecule has 184 valence electrons. The summed E-state index contributed by atoms with van der Waals surface area (Å²) in [5.74, 6) is 1.54. The van der Waals surface area contributed by atoms with Gasteiger partial charge in [-0.25, -0.2) is 8.42 Å². The average Bonchev–Trinajstić information content (AvgIpc) is 3.13. The third kappa shape index (κ3) is 4.88. The first-order valence-electron chi connectivity index (χ1n) is 12.4. The zero-order valence-electron chi connectivity index (χ0n) is 20.0. The fourth-order valence-electron chi connectivity index (χ4n) is 4.87. The molecule has 35 heavy (non-hydrogen) atoms. The van der Waals surface area contributed by atoms with E-state index in [4.69, 9.17) is 0 Å². The number of hydrogen-bond acceptors (Lipinski definition) is 5. The summed E-state index contributed by atoms with van der Waals surface area (Å²) in [6, 6.07) is 12.4. The van der Waals surface area contributed by atoms with Crippen LogP contribution in [0.1, 0.15) is 60.3 Å². The molecule has 0 spiro atoms. The molecule has 3 heterocycles. The Morgan fingerprint density at radius 2 is 1.60 bits per heavy atom. The third-order valence-corrected chi connectivity index (χ3v) is 8.93. The second-order valence-corrected chi connectivity index (χ2v) is 11.3. The summed E-state index contributed by atoms with van der Waals surface area (Å²) in [6.45, 7) is 3.74. The monoisotopic (exact) mass is 493 g/mol. The average molecular weight is 494 g/mol. The molecule has 8 nitrogen and oxygen atoms in total. The molecule has 2 aliphatic heterocycles. The molecule has 1 amide bonds. The van der Waals surface area contributed by atoms with Gasteiger partial charge in [0.05, 0.1) is 4.90 Å². The highest BCUT2D eigenvalue weighted by atomic mass is 32.2. The van der Waals surface area contributed by atoms with Crippen LogP contribution in [0.4, 0.5) is 5.69 Å². The van der Waals surface area contributed by atoms with E-state index in [-0.39, 0.29) is 10.8 Å². The van der Waals surface area contributed by atoms with Crippen molar-refractivity contribution in [3.05, 3.63) is 59.4 Å². The van der Waals surface area contributed by atoms with Crippen molar-refractivity contribution in [1.82, 2.24) is 19.1 Å². The number of benzene rings is 2. The molecule has 0 unspecified atom stereocenters. The maximum atomic E-state index is 13.2. The Bertz CT molecular complexity index is 1330. The van der Waals surface area contributed by atoms with E-state index in [9.17, 15) is 13.2 Å². The quantitative estimate of drug-likeness (QED) is 0.568. The first kappa shape index (κ1) is 23.7. The van der Waals surface area contributed by atoms with Crippen molar-refractivity contribution in [2.24, 2.45) is 0 Å². The van der Waals surface area contributed by atoms with Crippen molar-refractivity contribution in [1.29, 1.82) is 0 Å². The van der Waals surface area contributed by atoms with Crippen LogP contribution < -0.4 is 5.32 Å². The number of rotatable bonds is 5. The maximum absolute atomic E-state index is 13.2. The molecule has 1 aromatic heterocycles. The van der Waals surface area contributed by atoms with Gasteiger partial charge in [0, 0.05) is 42.9 Å². The number of amides is 1. The predicted molar refractivity (Wildman–Crippen MR) is 135 cm³/mol. The van der Waals surface area contributed by atoms with E-state index in [0.717, 1.165) is 62.3 Å². The summed E-state index contributed by atoms with van der Waals surface area (Å²) in [5.41, 5.74) is 2.55. The Morgan fingerprint density at radius 1 is 0.886 bits per heavy atom. The minimum absolute atomic E-state index is 0.204. The Labute approximate surface area is 206 Å². The van der Waals surface area contributed by atoms with Crippen LogP contribution in [0.3, 0.4) is 0 Å². The molecule has 0 saturated carbocycles. The molecule has 1 saturated heterocycles. The van der Waals surface area contributed by atoms with Crippen molar-refractivity contribution in [2.75, 3.05) is 18.4 Å². The van der Waals surface area contributed by atoms with E-state index in [1.165, 1.54) is 16.8 Å². The van der Waals surface area contributed by atoms with E-state index in [0.29, 0.717) is 29.9 Å². The third-order valence-electron chi connectivity index (χ3n) is 6.89. The van der Waals surface area contributed by atoms with Gasteiger partial charge in [-0.15, -0.1) is 10.2 Å². The van der Waals surface area contributed by atoms with Crippen LogP contribution in [0.15, 0.2) is 47.4 Å². The predicted octanol–water partition coefficient (Wildman–Crippen LogP) is 4.41. The number of fused-ring (bicyclic) bond motifs is 1. The summed E-state index contributed by atoms with van der Waals surface area (Å²) < 4.78 is 30.1. The van der Waals surface area contributed by atoms with Crippen molar-refractivity contribution in [3.63, 3.8) is 0 Å². The molecule has 2 aliphatic rings. The minimum Gasteiger partial charge on any atom is -0.322 e. The van der Waals surface area contributed by atoms with Gasteiger partial charge in [0.15, 0.2) is 5.82 Å². The lowest BCUT2D eigenvalue weighted by Crippen LogP contribution is -2.36. The van der Waals surface area contributed by atoms with Crippen LogP contribution in [0.25, 0.3) is 11.4 Å². The summed E-state index contributed by atoms with van der Waals surface area (Å²) in [7, 11) is -3.62. The SMILES string of the molecule is Cc1ccc(C(=O)Nc2ccc(-c3nnc4n3CCCCC4)cc2)cc1S(=O)(=O)N1CCCCC1. The Hall–Kier alpha value is -3.04. The van der Waals surface area contributed by atoms with Crippen molar-refractivity contribution >= 4 is 21.6 Å². The first-order valence-corrected chi connectivity index (χ1v) is 13.8. The molecular formula is C26H31N5O3S. The lowest BCUT2D eigenvalue weighted by atomic mass is 10.1. The van der Waals surface area contributed by atoms with Crippen LogP contribution in [-0.2, 0) is 23.0 Å². The van der Waals surface area contributed by atoms with Crippen LogP contribution in [0.5, 0.6) is 0 Å². The highest BCUT2D eigenvalue weighted by molar-refractivity contribution is 7.89. The summed E-state index contributed by atoms with van der Waals surface area (Å²) >= 11 is 0. The second-order valence-electron chi connectivity index (χ2n) is 9.38. The van der Waals surface area contributed by atoms with E-state index in [1.54, 1.807) is 19.1 Å². The summed E-state index contributed by atoms with van der Waals surface area (Å²) in [6.07, 6.45) is 7.20.